The van der Waals surface area contributed by atoms with Gasteiger partial charge in [-0.15, -0.1) is 0 Å². The van der Waals surface area contributed by atoms with Crippen molar-refractivity contribution in [2.24, 2.45) is 0 Å². The number of fused-ring (bicyclic) bond motifs is 1. The number of allylic oxidation sites excluding steroid dienone is 4. The van der Waals surface area contributed by atoms with Crippen LogP contribution in [0.2, 0.25) is 0 Å². The van der Waals surface area contributed by atoms with Crippen LogP contribution in [0, 0.1) is 6.92 Å². The summed E-state index contributed by atoms with van der Waals surface area (Å²) in [4.78, 5) is 2.21. The topological polar surface area (TPSA) is 3.24 Å². The van der Waals surface area contributed by atoms with Crippen molar-refractivity contribution < 1.29 is 0 Å². The van der Waals surface area contributed by atoms with Gasteiger partial charge in [-0.25, -0.2) is 0 Å². The molecule has 3 aromatic carbocycles. The van der Waals surface area contributed by atoms with Crippen LogP contribution in [0.5, 0.6) is 0 Å². The van der Waals surface area contributed by atoms with Crippen LogP contribution >= 0.6 is 0 Å². The van der Waals surface area contributed by atoms with Gasteiger partial charge in [-0.1, -0.05) is 78.9 Å². The number of benzene rings is 3. The van der Waals surface area contributed by atoms with Gasteiger partial charge in [-0.2, -0.15) is 0 Å². The number of aryl methyl sites for hydroxylation is 1. The van der Waals surface area contributed by atoms with E-state index in [9.17, 15) is 0 Å². The SMILES string of the molecule is C=C1/C=C\C=C/N(c2ccc(-c3ccc(C)cc3)cc2)c2ccccc21. The van der Waals surface area contributed by atoms with E-state index in [2.05, 4.69) is 103 Å². The molecule has 4 rings (SSSR count). The molecule has 0 spiro atoms. The molecule has 0 atom stereocenters. The Morgan fingerprint density at radius 3 is 2.12 bits per heavy atom. The number of hydrogen-bond acceptors (Lipinski definition) is 1. The second kappa shape index (κ2) is 6.89. The first-order valence-corrected chi connectivity index (χ1v) is 8.82. The first kappa shape index (κ1) is 16.2. The summed E-state index contributed by atoms with van der Waals surface area (Å²) < 4.78 is 0. The minimum absolute atomic E-state index is 1.02. The van der Waals surface area contributed by atoms with Crippen LogP contribution in [0.4, 0.5) is 11.4 Å². The van der Waals surface area contributed by atoms with E-state index in [1.165, 1.54) is 16.7 Å². The number of nitrogens with zero attached hydrogens (tertiary/aromatic N) is 1. The van der Waals surface area contributed by atoms with E-state index in [1.807, 2.05) is 12.2 Å². The van der Waals surface area contributed by atoms with Crippen LogP contribution in [0.25, 0.3) is 16.7 Å². The predicted octanol–water partition coefficient (Wildman–Crippen LogP) is 6.90. The fourth-order valence-corrected chi connectivity index (χ4v) is 3.22. The van der Waals surface area contributed by atoms with E-state index >= 15 is 0 Å². The Bertz CT molecular complexity index is 989. The Kier molecular flexibility index (Phi) is 4.28. The van der Waals surface area contributed by atoms with E-state index in [0.717, 1.165) is 22.5 Å². The molecule has 1 heterocycles. The van der Waals surface area contributed by atoms with Gasteiger partial charge in [0.2, 0.25) is 0 Å². The lowest BCUT2D eigenvalue weighted by atomic mass is 10.0. The molecule has 126 valence electrons. The van der Waals surface area contributed by atoms with Crippen molar-refractivity contribution in [3.8, 4) is 11.1 Å². The van der Waals surface area contributed by atoms with Gasteiger partial charge in [0.25, 0.3) is 0 Å². The fourth-order valence-electron chi connectivity index (χ4n) is 3.22. The Morgan fingerprint density at radius 2 is 1.38 bits per heavy atom. The van der Waals surface area contributed by atoms with E-state index in [4.69, 9.17) is 0 Å². The fraction of sp³-hybridized carbons (Fsp3) is 0.0400. The molecule has 1 nitrogen and oxygen atoms in total. The zero-order valence-electron chi connectivity index (χ0n) is 14.9. The zero-order valence-corrected chi connectivity index (χ0v) is 14.9. The molecule has 26 heavy (non-hydrogen) atoms. The van der Waals surface area contributed by atoms with Crippen molar-refractivity contribution in [3.63, 3.8) is 0 Å². The Labute approximate surface area is 155 Å². The van der Waals surface area contributed by atoms with Crippen LogP contribution in [0.15, 0.2) is 104 Å². The molecule has 0 N–H and O–H groups in total. The lowest BCUT2D eigenvalue weighted by molar-refractivity contribution is 1.27. The minimum Gasteiger partial charge on any atom is -0.317 e. The van der Waals surface area contributed by atoms with Gasteiger partial charge in [0.15, 0.2) is 0 Å². The highest BCUT2D eigenvalue weighted by Gasteiger charge is 2.13. The van der Waals surface area contributed by atoms with Crippen molar-refractivity contribution in [1.29, 1.82) is 0 Å². The normalized spacial score (nSPS) is 15.7. The Hall–Kier alpha value is -3.32. The maximum Gasteiger partial charge on any atom is 0.0533 e. The van der Waals surface area contributed by atoms with Gasteiger partial charge in [-0.3, -0.25) is 0 Å². The minimum atomic E-state index is 1.02. The smallest absolute Gasteiger partial charge is 0.0533 e. The second-order valence-electron chi connectivity index (χ2n) is 6.53. The third-order valence-corrected chi connectivity index (χ3v) is 4.68. The van der Waals surface area contributed by atoms with Gasteiger partial charge in [0.05, 0.1) is 5.69 Å². The van der Waals surface area contributed by atoms with Crippen LogP contribution in [0.3, 0.4) is 0 Å². The average molecular weight is 335 g/mol. The molecule has 0 fully saturated rings. The van der Waals surface area contributed by atoms with Gasteiger partial charge in [-0.05, 0) is 47.9 Å². The number of anilines is 2. The second-order valence-corrected chi connectivity index (χ2v) is 6.53. The van der Waals surface area contributed by atoms with Crippen molar-refractivity contribution in [2.75, 3.05) is 4.90 Å². The summed E-state index contributed by atoms with van der Waals surface area (Å²) in [6.45, 7) is 6.31. The van der Waals surface area contributed by atoms with E-state index in [-0.39, 0.29) is 0 Å². The zero-order chi connectivity index (χ0) is 17.9. The van der Waals surface area contributed by atoms with Gasteiger partial charge >= 0.3 is 0 Å². The summed E-state index contributed by atoms with van der Waals surface area (Å²) in [6.07, 6.45) is 8.23. The Balaban J connectivity index is 1.73. The molecule has 0 radical (unpaired) electrons. The Morgan fingerprint density at radius 1 is 0.731 bits per heavy atom. The summed E-state index contributed by atoms with van der Waals surface area (Å²) >= 11 is 0. The maximum absolute atomic E-state index is 4.20. The highest BCUT2D eigenvalue weighted by Crippen LogP contribution is 2.35. The summed E-state index contributed by atoms with van der Waals surface area (Å²) in [5, 5.41) is 0. The molecule has 1 heteroatoms. The molecular weight excluding hydrogens is 314 g/mol. The molecule has 0 unspecified atom stereocenters. The van der Waals surface area contributed by atoms with Gasteiger partial charge in [0, 0.05) is 17.5 Å². The van der Waals surface area contributed by atoms with E-state index < -0.39 is 0 Å². The quantitative estimate of drug-likeness (QED) is 0.492. The summed E-state index contributed by atoms with van der Waals surface area (Å²) in [6, 6.07) is 25.7. The lowest BCUT2D eigenvalue weighted by Crippen LogP contribution is -2.11. The predicted molar refractivity (Wildman–Crippen MR) is 113 cm³/mol. The van der Waals surface area contributed by atoms with E-state index in [0.29, 0.717) is 0 Å². The standard InChI is InChI=1S/C25H21N/c1-19-10-12-21(13-11-19)22-14-16-23(17-15-22)26-18-6-5-7-20(2)24-8-3-4-9-25(24)26/h3-18H,2H2,1H3/b7-5-,18-6-. The highest BCUT2D eigenvalue weighted by atomic mass is 15.1. The third kappa shape index (κ3) is 3.12. The molecule has 3 aromatic rings. The first-order valence-electron chi connectivity index (χ1n) is 8.82. The third-order valence-electron chi connectivity index (χ3n) is 4.68. The van der Waals surface area contributed by atoms with Crippen molar-refractivity contribution in [3.05, 3.63) is 115 Å². The summed E-state index contributed by atoms with van der Waals surface area (Å²) in [5.41, 5.74) is 8.18. The number of para-hydroxylation sites is 1. The van der Waals surface area contributed by atoms with Crippen LogP contribution in [0.1, 0.15) is 11.1 Å². The molecular formula is C25H21N. The average Bonchev–Trinajstić information content (AvgIpc) is 2.67. The van der Waals surface area contributed by atoms with E-state index in [1.54, 1.807) is 0 Å². The van der Waals surface area contributed by atoms with Crippen LogP contribution in [-0.4, -0.2) is 0 Å². The van der Waals surface area contributed by atoms with Crippen LogP contribution in [-0.2, 0) is 0 Å². The van der Waals surface area contributed by atoms with Crippen molar-refractivity contribution >= 4 is 16.9 Å². The first-order chi connectivity index (χ1) is 12.7. The molecule has 0 saturated carbocycles. The highest BCUT2D eigenvalue weighted by molar-refractivity contribution is 5.85. The molecule has 0 aliphatic carbocycles. The van der Waals surface area contributed by atoms with Crippen LogP contribution < -0.4 is 4.90 Å². The number of rotatable bonds is 2. The molecule has 1 aliphatic rings. The lowest BCUT2D eigenvalue weighted by Gasteiger charge is -2.25. The van der Waals surface area contributed by atoms with Gasteiger partial charge < -0.3 is 4.90 Å². The monoisotopic (exact) mass is 335 g/mol. The van der Waals surface area contributed by atoms with Crippen molar-refractivity contribution in [2.45, 2.75) is 6.92 Å². The largest absolute Gasteiger partial charge is 0.317 e. The van der Waals surface area contributed by atoms with Crippen molar-refractivity contribution in [1.82, 2.24) is 0 Å². The molecule has 0 saturated heterocycles. The molecule has 0 amide bonds. The maximum atomic E-state index is 4.20. The number of hydrogen-bond donors (Lipinski definition) is 0. The summed E-state index contributed by atoms with van der Waals surface area (Å²) in [5.74, 6) is 0. The molecule has 0 bridgehead atoms. The molecule has 1 aliphatic heterocycles. The van der Waals surface area contributed by atoms with Gasteiger partial charge in [0.1, 0.15) is 0 Å². The molecule has 0 aromatic heterocycles. The summed E-state index contributed by atoms with van der Waals surface area (Å²) in [7, 11) is 0.